The lowest BCUT2D eigenvalue weighted by atomic mass is 10.0. The van der Waals surface area contributed by atoms with Gasteiger partial charge in [0.15, 0.2) is 5.82 Å². The molecule has 1 aromatic carbocycles. The lowest BCUT2D eigenvalue weighted by Crippen LogP contribution is -2.42. The zero-order valence-corrected chi connectivity index (χ0v) is 19.4. The minimum atomic E-state index is -1.46. The van der Waals surface area contributed by atoms with Crippen molar-refractivity contribution in [3.63, 3.8) is 0 Å². The first-order valence-corrected chi connectivity index (χ1v) is 10.9. The number of amides is 1. The van der Waals surface area contributed by atoms with Crippen LogP contribution in [0.2, 0.25) is 0 Å². The van der Waals surface area contributed by atoms with Crippen molar-refractivity contribution in [1.82, 2.24) is 9.88 Å². The van der Waals surface area contributed by atoms with Crippen LogP contribution in [0.4, 0.5) is 19.3 Å². The van der Waals surface area contributed by atoms with Crippen LogP contribution in [0.15, 0.2) is 17.1 Å². The predicted molar refractivity (Wildman–Crippen MR) is 120 cm³/mol. The fourth-order valence-electron chi connectivity index (χ4n) is 4.18. The number of aromatic nitrogens is 1. The van der Waals surface area contributed by atoms with Crippen molar-refractivity contribution in [3.05, 3.63) is 39.7 Å². The Hall–Kier alpha value is -3.17. The number of ether oxygens (including phenoxy) is 1. The summed E-state index contributed by atoms with van der Waals surface area (Å²) in [5.74, 6) is -3.37. The molecule has 2 aromatic rings. The van der Waals surface area contributed by atoms with Gasteiger partial charge in [0.1, 0.15) is 22.7 Å². The Labute approximate surface area is 190 Å². The number of benzene rings is 1. The van der Waals surface area contributed by atoms with E-state index in [-0.39, 0.29) is 35.1 Å². The van der Waals surface area contributed by atoms with E-state index in [1.54, 1.807) is 32.6 Å². The number of nitrogens with one attached hydrogen (secondary N) is 1. The van der Waals surface area contributed by atoms with Crippen LogP contribution < -0.4 is 15.6 Å². The number of carbonyl (C=O) groups excluding carboxylic acids is 1. The van der Waals surface area contributed by atoms with E-state index in [2.05, 4.69) is 5.32 Å². The third kappa shape index (κ3) is 4.94. The Morgan fingerprint density at radius 1 is 1.33 bits per heavy atom. The van der Waals surface area contributed by atoms with E-state index < -0.39 is 40.3 Å². The first kappa shape index (κ1) is 24.5. The minimum Gasteiger partial charge on any atom is -0.477 e. The largest absolute Gasteiger partial charge is 0.477 e. The highest BCUT2D eigenvalue weighted by Crippen LogP contribution is 2.34. The zero-order chi connectivity index (χ0) is 24.7. The third-order valence-corrected chi connectivity index (χ3v) is 5.79. The van der Waals surface area contributed by atoms with Gasteiger partial charge in [-0.2, -0.15) is 0 Å². The number of rotatable bonds is 5. The fraction of sp³-hybridized carbons (Fsp3) is 0.522. The number of carboxylic acids is 1. The molecule has 1 aromatic heterocycles. The maximum atomic E-state index is 15.6. The number of pyridine rings is 1. The second-order valence-electron chi connectivity index (χ2n) is 9.31. The van der Waals surface area contributed by atoms with Gasteiger partial charge in [0.25, 0.3) is 0 Å². The SMILES string of the molecule is CCn1cc(C(=O)O)c(=O)c2cc(F)c(N3CC[C@@H]([C@H](C)NC(=O)OC(C)(C)C)C3)c(F)c21. The van der Waals surface area contributed by atoms with Crippen molar-refractivity contribution in [2.24, 2.45) is 5.92 Å². The summed E-state index contributed by atoms with van der Waals surface area (Å²) >= 11 is 0. The van der Waals surface area contributed by atoms with Gasteiger partial charge in [-0.05, 0) is 53.0 Å². The van der Waals surface area contributed by atoms with Crippen molar-refractivity contribution in [3.8, 4) is 0 Å². The molecule has 180 valence electrons. The summed E-state index contributed by atoms with van der Waals surface area (Å²) in [5.41, 5.74) is -2.51. The van der Waals surface area contributed by atoms with Gasteiger partial charge in [-0.25, -0.2) is 18.4 Å². The lowest BCUT2D eigenvalue weighted by Gasteiger charge is -2.26. The molecule has 8 nitrogen and oxygen atoms in total. The Balaban J connectivity index is 1.92. The van der Waals surface area contributed by atoms with Crippen molar-refractivity contribution in [1.29, 1.82) is 0 Å². The molecule has 2 atom stereocenters. The van der Waals surface area contributed by atoms with Crippen molar-refractivity contribution in [2.45, 2.75) is 59.2 Å². The van der Waals surface area contributed by atoms with Gasteiger partial charge in [0.05, 0.1) is 10.9 Å². The predicted octanol–water partition coefficient (Wildman–Crippen LogP) is 3.74. The van der Waals surface area contributed by atoms with Crippen LogP contribution >= 0.6 is 0 Å². The number of aryl methyl sites for hydroxylation is 1. The summed E-state index contributed by atoms with van der Waals surface area (Å²) in [6, 6.07) is 0.619. The molecule has 1 amide bonds. The number of carbonyl (C=O) groups is 2. The van der Waals surface area contributed by atoms with E-state index in [9.17, 15) is 19.5 Å². The number of aromatic carboxylic acids is 1. The number of hydrogen-bond acceptors (Lipinski definition) is 5. The number of hydrogen-bond donors (Lipinski definition) is 2. The van der Waals surface area contributed by atoms with Gasteiger partial charge in [0.2, 0.25) is 5.43 Å². The number of carboxylic acid groups (broad SMARTS) is 1. The summed E-state index contributed by atoms with van der Waals surface area (Å²) in [5, 5.41) is 11.7. The molecule has 33 heavy (non-hydrogen) atoms. The highest BCUT2D eigenvalue weighted by molar-refractivity contribution is 5.93. The molecule has 2 heterocycles. The van der Waals surface area contributed by atoms with E-state index in [0.29, 0.717) is 19.5 Å². The van der Waals surface area contributed by atoms with E-state index in [1.165, 1.54) is 4.57 Å². The summed E-state index contributed by atoms with van der Waals surface area (Å²) in [6.07, 6.45) is 1.11. The molecule has 0 aliphatic carbocycles. The molecule has 2 N–H and O–H groups in total. The highest BCUT2D eigenvalue weighted by Gasteiger charge is 2.33. The van der Waals surface area contributed by atoms with E-state index in [0.717, 1.165) is 12.3 Å². The van der Waals surface area contributed by atoms with Crippen LogP contribution in [-0.4, -0.2) is 46.5 Å². The Morgan fingerprint density at radius 2 is 2.00 bits per heavy atom. The topological polar surface area (TPSA) is 101 Å². The van der Waals surface area contributed by atoms with E-state index in [1.807, 2.05) is 6.92 Å². The van der Waals surface area contributed by atoms with Crippen molar-refractivity contribution < 1.29 is 28.2 Å². The maximum Gasteiger partial charge on any atom is 0.407 e. The van der Waals surface area contributed by atoms with Gasteiger partial charge >= 0.3 is 12.1 Å². The number of alkyl carbamates (subject to hydrolysis) is 1. The quantitative estimate of drug-likeness (QED) is 0.698. The Kier molecular flexibility index (Phi) is 6.67. The summed E-state index contributed by atoms with van der Waals surface area (Å²) in [6.45, 7) is 9.60. The average Bonchev–Trinajstić information content (AvgIpc) is 3.16. The first-order chi connectivity index (χ1) is 15.3. The first-order valence-electron chi connectivity index (χ1n) is 10.9. The molecular formula is C23H29F2N3O5. The smallest absolute Gasteiger partial charge is 0.407 e. The van der Waals surface area contributed by atoms with Gasteiger partial charge in [-0.1, -0.05) is 0 Å². The fourth-order valence-corrected chi connectivity index (χ4v) is 4.18. The second kappa shape index (κ2) is 8.99. The molecular weight excluding hydrogens is 436 g/mol. The van der Waals surface area contributed by atoms with E-state index >= 15 is 8.78 Å². The van der Waals surface area contributed by atoms with Crippen LogP contribution in [0.3, 0.4) is 0 Å². The minimum absolute atomic E-state index is 0.0743. The molecule has 3 rings (SSSR count). The van der Waals surface area contributed by atoms with Crippen LogP contribution in [0, 0.1) is 17.6 Å². The van der Waals surface area contributed by atoms with Gasteiger partial charge in [0, 0.05) is 31.9 Å². The Morgan fingerprint density at radius 3 is 2.58 bits per heavy atom. The molecule has 0 bridgehead atoms. The molecule has 0 spiro atoms. The Bertz CT molecular complexity index is 1160. The molecule has 1 saturated heterocycles. The summed E-state index contributed by atoms with van der Waals surface area (Å²) in [4.78, 5) is 37.5. The normalized spacial score (nSPS) is 17.3. The van der Waals surface area contributed by atoms with E-state index in [4.69, 9.17) is 4.74 Å². The molecule has 10 heteroatoms. The zero-order valence-electron chi connectivity index (χ0n) is 19.4. The van der Waals surface area contributed by atoms with Crippen LogP contribution in [0.5, 0.6) is 0 Å². The van der Waals surface area contributed by atoms with Gasteiger partial charge in [-0.15, -0.1) is 0 Å². The molecule has 1 fully saturated rings. The maximum absolute atomic E-state index is 15.6. The monoisotopic (exact) mass is 465 g/mol. The number of nitrogens with zero attached hydrogens (tertiary/aromatic N) is 2. The van der Waals surface area contributed by atoms with Gasteiger partial charge in [-0.3, -0.25) is 4.79 Å². The van der Waals surface area contributed by atoms with Crippen LogP contribution in [0.1, 0.15) is 51.4 Å². The summed E-state index contributed by atoms with van der Waals surface area (Å²) < 4.78 is 37.2. The lowest BCUT2D eigenvalue weighted by molar-refractivity contribution is 0.0494. The molecule has 0 unspecified atom stereocenters. The molecule has 0 saturated carbocycles. The highest BCUT2D eigenvalue weighted by atomic mass is 19.1. The van der Waals surface area contributed by atoms with Crippen molar-refractivity contribution >= 4 is 28.7 Å². The van der Waals surface area contributed by atoms with Crippen molar-refractivity contribution in [2.75, 3.05) is 18.0 Å². The third-order valence-electron chi connectivity index (χ3n) is 5.79. The average molecular weight is 465 g/mol. The summed E-state index contributed by atoms with van der Waals surface area (Å²) in [7, 11) is 0. The standard InChI is InChI=1S/C23H29F2N3O5/c1-6-27-11-15(21(30)31)20(29)14-9-16(24)19(17(25)18(14)27)28-8-7-13(10-28)12(2)26-22(32)33-23(3,4)5/h9,11-13H,6-8,10H2,1-5H3,(H,26,32)(H,30,31)/t12-,13+/m0/s1. The van der Waals surface area contributed by atoms with Gasteiger partial charge < -0.3 is 24.6 Å². The molecule has 1 aliphatic heterocycles. The number of halogens is 2. The van der Waals surface area contributed by atoms with Crippen LogP contribution in [-0.2, 0) is 11.3 Å². The number of anilines is 1. The number of fused-ring (bicyclic) bond motifs is 1. The molecule has 0 radical (unpaired) electrons. The van der Waals surface area contributed by atoms with Crippen LogP contribution in [0.25, 0.3) is 10.9 Å². The molecule has 1 aliphatic rings. The second-order valence-corrected chi connectivity index (χ2v) is 9.31.